The lowest BCUT2D eigenvalue weighted by Gasteiger charge is -2.26. The van der Waals surface area contributed by atoms with Gasteiger partial charge in [-0.25, -0.2) is 0 Å². The van der Waals surface area contributed by atoms with Crippen molar-refractivity contribution in [2.75, 3.05) is 27.2 Å². The minimum absolute atomic E-state index is 0.0686. The summed E-state index contributed by atoms with van der Waals surface area (Å²) in [5.41, 5.74) is 3.05. The van der Waals surface area contributed by atoms with E-state index in [1.54, 1.807) is 36.7 Å². The number of hydrogen-bond acceptors (Lipinski definition) is 6. The molecular weight excluding hydrogens is 442 g/mol. The maximum Gasteiger partial charge on any atom is 0.295 e. The van der Waals surface area contributed by atoms with Gasteiger partial charge in [-0.2, -0.15) is 0 Å². The molecule has 35 heavy (non-hydrogen) atoms. The highest BCUT2D eigenvalue weighted by atomic mass is 16.5. The molecule has 0 bridgehead atoms. The second-order valence-corrected chi connectivity index (χ2v) is 8.84. The van der Waals surface area contributed by atoms with Gasteiger partial charge in [0.25, 0.3) is 11.7 Å². The van der Waals surface area contributed by atoms with Gasteiger partial charge in [-0.1, -0.05) is 36.4 Å². The number of rotatable bonds is 8. The van der Waals surface area contributed by atoms with Crippen LogP contribution in [0.25, 0.3) is 5.76 Å². The number of nitrogens with zero attached hydrogens (tertiary/aromatic N) is 3. The number of benzene rings is 2. The second kappa shape index (κ2) is 10.5. The molecule has 0 spiro atoms. The van der Waals surface area contributed by atoms with Crippen LogP contribution in [0.1, 0.15) is 28.3 Å². The molecule has 7 nitrogen and oxygen atoms in total. The van der Waals surface area contributed by atoms with Crippen LogP contribution in [0.15, 0.2) is 78.6 Å². The number of pyridine rings is 1. The van der Waals surface area contributed by atoms with Crippen LogP contribution in [0.4, 0.5) is 0 Å². The largest absolute Gasteiger partial charge is 0.507 e. The third kappa shape index (κ3) is 5.25. The first-order valence-electron chi connectivity index (χ1n) is 11.5. The third-order valence-electron chi connectivity index (χ3n) is 6.01. The minimum atomic E-state index is -0.710. The molecule has 4 rings (SSSR count). The lowest BCUT2D eigenvalue weighted by Crippen LogP contribution is -2.35. The van der Waals surface area contributed by atoms with Gasteiger partial charge in [-0.3, -0.25) is 14.6 Å². The van der Waals surface area contributed by atoms with Crippen molar-refractivity contribution in [2.24, 2.45) is 0 Å². The Bertz CT molecular complexity index is 1240. The van der Waals surface area contributed by atoms with Crippen LogP contribution in [0.2, 0.25) is 0 Å². The summed E-state index contributed by atoms with van der Waals surface area (Å²) in [4.78, 5) is 33.7. The zero-order valence-electron chi connectivity index (χ0n) is 20.1. The number of aliphatic hydroxyl groups is 1. The van der Waals surface area contributed by atoms with Crippen molar-refractivity contribution in [2.45, 2.75) is 19.6 Å². The molecular formula is C28H29N3O4. The number of likely N-dealkylation sites (N-methyl/N-ethyl adjacent to an activating group) is 1. The predicted octanol–water partition coefficient (Wildman–Crippen LogP) is 3.95. The van der Waals surface area contributed by atoms with E-state index in [2.05, 4.69) is 4.98 Å². The molecule has 2 heterocycles. The molecule has 1 aromatic heterocycles. The lowest BCUT2D eigenvalue weighted by molar-refractivity contribution is -0.140. The summed E-state index contributed by atoms with van der Waals surface area (Å²) in [7, 11) is 3.81. The number of ether oxygens (including phenoxy) is 1. The van der Waals surface area contributed by atoms with E-state index in [1.165, 1.54) is 4.90 Å². The van der Waals surface area contributed by atoms with Crippen molar-refractivity contribution in [3.8, 4) is 5.75 Å². The van der Waals surface area contributed by atoms with Gasteiger partial charge in [0.2, 0.25) is 0 Å². The fourth-order valence-electron chi connectivity index (χ4n) is 4.15. The number of aryl methyl sites for hydroxylation is 1. The van der Waals surface area contributed by atoms with Crippen LogP contribution >= 0.6 is 0 Å². The van der Waals surface area contributed by atoms with Crippen LogP contribution in [-0.4, -0.2) is 58.8 Å². The molecule has 2 aromatic carbocycles. The molecule has 0 aliphatic carbocycles. The molecule has 3 aromatic rings. The van der Waals surface area contributed by atoms with E-state index in [1.807, 2.05) is 62.3 Å². The number of aromatic nitrogens is 1. The Morgan fingerprint density at radius 3 is 2.51 bits per heavy atom. The second-order valence-electron chi connectivity index (χ2n) is 8.84. The summed E-state index contributed by atoms with van der Waals surface area (Å²) >= 11 is 0. The van der Waals surface area contributed by atoms with Crippen LogP contribution in [0.3, 0.4) is 0 Å². The summed E-state index contributed by atoms with van der Waals surface area (Å²) in [6.45, 7) is 3.23. The fourth-order valence-corrected chi connectivity index (χ4v) is 4.15. The van der Waals surface area contributed by atoms with Gasteiger partial charge in [-0.05, 0) is 62.0 Å². The van der Waals surface area contributed by atoms with E-state index in [0.29, 0.717) is 36.6 Å². The SMILES string of the molecule is Cc1cc(/C(O)=C2\C(=O)C(=O)N(CCN(C)C)[C@H]2c2cccnc2)ccc1OCc1ccccc1. The van der Waals surface area contributed by atoms with Gasteiger partial charge in [0.05, 0.1) is 11.6 Å². The van der Waals surface area contributed by atoms with E-state index in [9.17, 15) is 14.7 Å². The van der Waals surface area contributed by atoms with Gasteiger partial charge in [0.15, 0.2) is 0 Å². The quantitative estimate of drug-likeness (QED) is 0.304. The Morgan fingerprint density at radius 2 is 1.86 bits per heavy atom. The normalized spacial score (nSPS) is 17.3. The number of likely N-dealkylation sites (tertiary alicyclic amines) is 1. The molecule has 1 saturated heterocycles. The predicted molar refractivity (Wildman–Crippen MR) is 134 cm³/mol. The Hall–Kier alpha value is -3.97. The van der Waals surface area contributed by atoms with Crippen molar-refractivity contribution >= 4 is 17.4 Å². The van der Waals surface area contributed by atoms with Crippen molar-refractivity contribution in [1.29, 1.82) is 0 Å². The number of hydrogen-bond donors (Lipinski definition) is 1. The van der Waals surface area contributed by atoms with Crippen LogP contribution in [-0.2, 0) is 16.2 Å². The Labute approximate surface area is 205 Å². The maximum atomic E-state index is 13.1. The first-order valence-corrected chi connectivity index (χ1v) is 11.5. The summed E-state index contributed by atoms with van der Waals surface area (Å²) in [5.74, 6) is -0.845. The summed E-state index contributed by atoms with van der Waals surface area (Å²) in [5, 5.41) is 11.3. The van der Waals surface area contributed by atoms with Crippen LogP contribution < -0.4 is 4.74 Å². The monoisotopic (exact) mass is 471 g/mol. The summed E-state index contributed by atoms with van der Waals surface area (Å²) < 4.78 is 5.94. The average molecular weight is 472 g/mol. The van der Waals surface area contributed by atoms with Crippen molar-refractivity contribution in [1.82, 2.24) is 14.8 Å². The highest BCUT2D eigenvalue weighted by molar-refractivity contribution is 6.46. The zero-order chi connectivity index (χ0) is 24.9. The summed E-state index contributed by atoms with van der Waals surface area (Å²) in [6.07, 6.45) is 3.26. The molecule has 1 amide bonds. The molecule has 1 fully saturated rings. The van der Waals surface area contributed by atoms with E-state index >= 15 is 0 Å². The average Bonchev–Trinajstić information content (AvgIpc) is 3.12. The highest BCUT2D eigenvalue weighted by Gasteiger charge is 2.46. The van der Waals surface area contributed by atoms with Crippen LogP contribution in [0, 0.1) is 6.92 Å². The van der Waals surface area contributed by atoms with Gasteiger partial charge in [-0.15, -0.1) is 0 Å². The standard InChI is InChI=1S/C28H29N3O4/c1-19-16-21(11-12-23(19)35-18-20-8-5-4-6-9-20)26(32)24-25(22-10-7-13-29-17-22)31(15-14-30(2)3)28(34)27(24)33/h4-13,16-17,25,32H,14-15,18H2,1-3H3/b26-24+/t25-/m0/s1. The zero-order valence-corrected chi connectivity index (χ0v) is 20.1. The molecule has 1 atom stereocenters. The molecule has 0 radical (unpaired) electrons. The first-order chi connectivity index (χ1) is 16.9. The Kier molecular flexibility index (Phi) is 7.27. The topological polar surface area (TPSA) is 83.0 Å². The number of ketones is 1. The molecule has 7 heteroatoms. The van der Waals surface area contributed by atoms with Gasteiger partial charge >= 0.3 is 0 Å². The molecule has 0 saturated carbocycles. The molecule has 0 unspecified atom stereocenters. The van der Waals surface area contributed by atoms with Gasteiger partial charge in [0.1, 0.15) is 18.1 Å². The Morgan fingerprint density at radius 1 is 1.09 bits per heavy atom. The van der Waals surface area contributed by atoms with Gasteiger partial charge < -0.3 is 19.6 Å². The van der Waals surface area contributed by atoms with E-state index in [0.717, 1.165) is 11.1 Å². The van der Waals surface area contributed by atoms with E-state index < -0.39 is 17.7 Å². The molecule has 1 aliphatic heterocycles. The first kappa shape index (κ1) is 24.2. The number of carbonyl (C=O) groups excluding carboxylic acids is 2. The van der Waals surface area contributed by atoms with Gasteiger partial charge in [0, 0.05) is 31.0 Å². The number of carbonyl (C=O) groups is 2. The minimum Gasteiger partial charge on any atom is -0.507 e. The number of amides is 1. The van der Waals surface area contributed by atoms with Crippen molar-refractivity contribution < 1.29 is 19.4 Å². The smallest absolute Gasteiger partial charge is 0.295 e. The van der Waals surface area contributed by atoms with Crippen LogP contribution in [0.5, 0.6) is 5.75 Å². The Balaban J connectivity index is 1.68. The maximum absolute atomic E-state index is 13.1. The number of aliphatic hydroxyl groups excluding tert-OH is 1. The van der Waals surface area contributed by atoms with Crippen molar-refractivity contribution in [3.63, 3.8) is 0 Å². The summed E-state index contributed by atoms with van der Waals surface area (Å²) in [6, 6.07) is 17.9. The van der Waals surface area contributed by atoms with E-state index in [-0.39, 0.29) is 11.3 Å². The highest BCUT2D eigenvalue weighted by Crippen LogP contribution is 2.39. The molecule has 1 N–H and O–H groups in total. The number of Topliss-reactive ketones (excluding diaryl/α,β-unsaturated/α-hetero) is 1. The molecule has 180 valence electrons. The third-order valence-corrected chi connectivity index (χ3v) is 6.01. The van der Waals surface area contributed by atoms with Crippen molar-refractivity contribution in [3.05, 3.63) is 101 Å². The fraction of sp³-hybridized carbons (Fsp3) is 0.250. The lowest BCUT2D eigenvalue weighted by atomic mass is 9.95. The van der Waals surface area contributed by atoms with E-state index in [4.69, 9.17) is 4.74 Å². The molecule has 1 aliphatic rings.